The van der Waals surface area contributed by atoms with E-state index in [1.807, 2.05) is 0 Å². The molecule has 1 saturated heterocycles. The number of halogens is 1. The molecule has 0 bridgehead atoms. The Kier molecular flexibility index (Phi) is 3.80. The monoisotopic (exact) mass is 331 g/mol. The number of aryl methyl sites for hydroxylation is 1. The SMILES string of the molecule is Cc1nnc([C@@H]2COCCN2C(=O)[C@@H]2C[C@H]2c2ccc(F)cc2)o1. The number of morpholine rings is 1. The van der Waals surface area contributed by atoms with Crippen LogP contribution in [0.15, 0.2) is 28.7 Å². The molecular formula is C17H18FN3O3. The van der Waals surface area contributed by atoms with Gasteiger partial charge in [-0.2, -0.15) is 0 Å². The molecule has 0 spiro atoms. The van der Waals surface area contributed by atoms with E-state index < -0.39 is 0 Å². The van der Waals surface area contributed by atoms with Crippen molar-refractivity contribution in [2.45, 2.75) is 25.3 Å². The first-order valence-corrected chi connectivity index (χ1v) is 8.07. The number of rotatable bonds is 3. The molecule has 0 N–H and O–H groups in total. The second-order valence-electron chi connectivity index (χ2n) is 6.28. The standard InChI is InChI=1S/C17H18FN3O3/c1-10-19-20-16(24-10)15-9-23-7-6-21(15)17(22)14-8-13(14)11-2-4-12(18)5-3-11/h2-5,13-15H,6-9H2,1H3/t13-,14+,15-/m0/s1. The normalized spacial score (nSPS) is 26.4. The quantitative estimate of drug-likeness (QED) is 0.863. The summed E-state index contributed by atoms with van der Waals surface area (Å²) >= 11 is 0. The maximum absolute atomic E-state index is 13.0. The van der Waals surface area contributed by atoms with E-state index in [0.29, 0.717) is 31.5 Å². The molecule has 7 heteroatoms. The highest BCUT2D eigenvalue weighted by atomic mass is 19.1. The van der Waals surface area contributed by atoms with Crippen molar-refractivity contribution < 1.29 is 18.3 Å². The average molecular weight is 331 g/mol. The van der Waals surface area contributed by atoms with E-state index in [2.05, 4.69) is 10.2 Å². The molecular weight excluding hydrogens is 313 g/mol. The van der Waals surface area contributed by atoms with Crippen molar-refractivity contribution >= 4 is 5.91 Å². The number of benzene rings is 1. The van der Waals surface area contributed by atoms with Crippen LogP contribution in [-0.4, -0.2) is 40.8 Å². The van der Waals surface area contributed by atoms with E-state index in [9.17, 15) is 9.18 Å². The molecule has 1 aromatic carbocycles. The second kappa shape index (κ2) is 5.98. The van der Waals surface area contributed by atoms with Crippen LogP contribution < -0.4 is 0 Å². The average Bonchev–Trinajstić information content (AvgIpc) is 3.28. The summed E-state index contributed by atoms with van der Waals surface area (Å²) in [5.74, 6) is 0.792. The van der Waals surface area contributed by atoms with Crippen molar-refractivity contribution in [2.75, 3.05) is 19.8 Å². The van der Waals surface area contributed by atoms with Gasteiger partial charge in [0.15, 0.2) is 0 Å². The Bertz CT molecular complexity index is 746. The second-order valence-corrected chi connectivity index (χ2v) is 6.28. The Morgan fingerprint density at radius 2 is 2.08 bits per heavy atom. The third-order valence-corrected chi connectivity index (χ3v) is 4.64. The van der Waals surface area contributed by atoms with E-state index in [1.54, 1.807) is 24.0 Å². The molecule has 6 nitrogen and oxygen atoms in total. The van der Waals surface area contributed by atoms with Gasteiger partial charge in [0.2, 0.25) is 17.7 Å². The van der Waals surface area contributed by atoms with Crippen LogP contribution in [0.1, 0.15) is 35.7 Å². The van der Waals surface area contributed by atoms with Crippen molar-refractivity contribution in [3.05, 3.63) is 47.4 Å². The Morgan fingerprint density at radius 3 is 2.79 bits per heavy atom. The van der Waals surface area contributed by atoms with Gasteiger partial charge in [0.05, 0.1) is 13.2 Å². The lowest BCUT2D eigenvalue weighted by atomic mass is 10.1. The van der Waals surface area contributed by atoms with Gasteiger partial charge < -0.3 is 14.1 Å². The lowest BCUT2D eigenvalue weighted by Crippen LogP contribution is -2.44. The van der Waals surface area contributed by atoms with Crippen LogP contribution >= 0.6 is 0 Å². The highest BCUT2D eigenvalue weighted by Gasteiger charge is 2.48. The van der Waals surface area contributed by atoms with Crippen LogP contribution in [0, 0.1) is 18.7 Å². The van der Waals surface area contributed by atoms with Crippen LogP contribution in [0.4, 0.5) is 4.39 Å². The van der Waals surface area contributed by atoms with Gasteiger partial charge in [0.1, 0.15) is 11.9 Å². The number of nitrogens with zero attached hydrogens (tertiary/aromatic N) is 3. The van der Waals surface area contributed by atoms with Gasteiger partial charge in [-0.3, -0.25) is 4.79 Å². The Balaban J connectivity index is 1.49. The van der Waals surface area contributed by atoms with Crippen LogP contribution in [0.3, 0.4) is 0 Å². The number of hydrogen-bond acceptors (Lipinski definition) is 5. The van der Waals surface area contributed by atoms with Gasteiger partial charge in [0, 0.05) is 19.4 Å². The van der Waals surface area contributed by atoms with Crippen molar-refractivity contribution in [3.63, 3.8) is 0 Å². The zero-order chi connectivity index (χ0) is 16.7. The minimum Gasteiger partial charge on any atom is -0.423 e. The lowest BCUT2D eigenvalue weighted by Gasteiger charge is -2.33. The van der Waals surface area contributed by atoms with Crippen LogP contribution in [0.2, 0.25) is 0 Å². The number of hydrogen-bond donors (Lipinski definition) is 0. The highest BCUT2D eigenvalue weighted by Crippen LogP contribution is 2.49. The number of carbonyl (C=O) groups is 1. The third-order valence-electron chi connectivity index (χ3n) is 4.64. The summed E-state index contributed by atoms with van der Waals surface area (Å²) in [5.41, 5.74) is 1.01. The number of aromatic nitrogens is 2. The molecule has 4 rings (SSSR count). The molecule has 126 valence electrons. The van der Waals surface area contributed by atoms with E-state index in [-0.39, 0.29) is 29.6 Å². The smallest absolute Gasteiger partial charge is 0.241 e. The van der Waals surface area contributed by atoms with Gasteiger partial charge in [-0.05, 0) is 30.0 Å². The van der Waals surface area contributed by atoms with Crippen LogP contribution in [-0.2, 0) is 9.53 Å². The number of ether oxygens (including phenoxy) is 1. The molecule has 2 fully saturated rings. The molecule has 1 aromatic heterocycles. The van der Waals surface area contributed by atoms with Gasteiger partial charge in [0.25, 0.3) is 0 Å². The zero-order valence-electron chi connectivity index (χ0n) is 13.3. The topological polar surface area (TPSA) is 68.5 Å². The Hall–Kier alpha value is -2.28. The van der Waals surface area contributed by atoms with Crippen molar-refractivity contribution in [1.82, 2.24) is 15.1 Å². The van der Waals surface area contributed by atoms with Gasteiger partial charge in [-0.15, -0.1) is 10.2 Å². The first kappa shape index (κ1) is 15.3. The minimum absolute atomic E-state index is 0.0694. The molecule has 0 radical (unpaired) electrons. The molecule has 2 aliphatic rings. The molecule has 0 unspecified atom stereocenters. The van der Waals surface area contributed by atoms with E-state index in [4.69, 9.17) is 9.15 Å². The summed E-state index contributed by atoms with van der Waals surface area (Å²) in [5, 5.41) is 7.88. The summed E-state index contributed by atoms with van der Waals surface area (Å²) < 4.78 is 24.0. The predicted molar refractivity (Wildman–Crippen MR) is 81.6 cm³/mol. The Labute approximate surface area is 138 Å². The summed E-state index contributed by atoms with van der Waals surface area (Å²) in [6, 6.07) is 6.06. The molecule has 1 aliphatic heterocycles. The zero-order valence-corrected chi connectivity index (χ0v) is 13.3. The maximum atomic E-state index is 13.0. The fourth-order valence-electron chi connectivity index (χ4n) is 3.28. The number of carbonyl (C=O) groups excluding carboxylic acids is 1. The first-order valence-electron chi connectivity index (χ1n) is 8.07. The molecule has 1 aliphatic carbocycles. The van der Waals surface area contributed by atoms with Gasteiger partial charge in [-0.25, -0.2) is 4.39 Å². The van der Waals surface area contributed by atoms with E-state index >= 15 is 0 Å². The Morgan fingerprint density at radius 1 is 1.29 bits per heavy atom. The van der Waals surface area contributed by atoms with Crippen molar-refractivity contribution in [1.29, 1.82) is 0 Å². The fraction of sp³-hybridized carbons (Fsp3) is 0.471. The number of amides is 1. The largest absolute Gasteiger partial charge is 0.423 e. The van der Waals surface area contributed by atoms with Crippen LogP contribution in [0.25, 0.3) is 0 Å². The molecule has 3 atom stereocenters. The molecule has 1 amide bonds. The predicted octanol–water partition coefficient (Wildman–Crippen LogP) is 2.22. The summed E-state index contributed by atoms with van der Waals surface area (Å²) in [7, 11) is 0. The molecule has 2 aromatic rings. The van der Waals surface area contributed by atoms with Crippen molar-refractivity contribution in [2.24, 2.45) is 5.92 Å². The van der Waals surface area contributed by atoms with Crippen LogP contribution in [0.5, 0.6) is 0 Å². The van der Waals surface area contributed by atoms with E-state index in [0.717, 1.165) is 12.0 Å². The molecule has 1 saturated carbocycles. The summed E-state index contributed by atoms with van der Waals surface area (Å²) in [6.45, 7) is 3.10. The van der Waals surface area contributed by atoms with Gasteiger partial charge in [-0.1, -0.05) is 12.1 Å². The lowest BCUT2D eigenvalue weighted by molar-refractivity contribution is -0.142. The fourth-order valence-corrected chi connectivity index (χ4v) is 3.28. The summed E-state index contributed by atoms with van der Waals surface area (Å²) in [6.07, 6.45) is 0.789. The molecule has 24 heavy (non-hydrogen) atoms. The minimum atomic E-state index is -0.332. The van der Waals surface area contributed by atoms with Gasteiger partial charge >= 0.3 is 0 Å². The molecule has 2 heterocycles. The van der Waals surface area contributed by atoms with Crippen molar-refractivity contribution in [3.8, 4) is 0 Å². The third kappa shape index (κ3) is 2.80. The summed E-state index contributed by atoms with van der Waals surface area (Å²) in [4.78, 5) is 14.7. The first-order chi connectivity index (χ1) is 11.6. The van der Waals surface area contributed by atoms with E-state index in [1.165, 1.54) is 12.1 Å². The highest BCUT2D eigenvalue weighted by molar-refractivity contribution is 5.83. The maximum Gasteiger partial charge on any atom is 0.241 e.